The van der Waals surface area contributed by atoms with Crippen molar-refractivity contribution >= 4 is 0 Å². The molecule has 0 atom stereocenters. The Morgan fingerprint density at radius 2 is 1.56 bits per heavy atom. The molecule has 0 heterocycles. The molecule has 0 spiro atoms. The molecule has 90 valence electrons. The summed E-state index contributed by atoms with van der Waals surface area (Å²) in [5, 5.41) is 11.5. The lowest BCUT2D eigenvalue weighted by molar-refractivity contribution is 0.749. The van der Waals surface area contributed by atoms with E-state index in [-0.39, 0.29) is 0 Å². The first-order chi connectivity index (χ1) is 8.90. The molecule has 0 aliphatic rings. The number of hydrogen-bond donors (Lipinski definition) is 1. The third-order valence-corrected chi connectivity index (χ3v) is 2.86. The molecule has 2 heteroatoms. The fourth-order valence-corrected chi connectivity index (χ4v) is 1.87. The smallest absolute Gasteiger partial charge is 0.0841 e. The zero-order chi connectivity index (χ0) is 12.6. The third-order valence-electron chi connectivity index (χ3n) is 2.86. The fourth-order valence-electron chi connectivity index (χ4n) is 1.87. The summed E-state index contributed by atoms with van der Waals surface area (Å²) in [5.74, 6) is 0. The standard InChI is InChI=1S/C16H16N2/c17-11-13-18-12-10-14-6-8-16(9-7-14)15-4-2-1-3-5-15/h1-9,18H,10,12-13H2. The van der Waals surface area contributed by atoms with Gasteiger partial charge in [-0.05, 0) is 23.1 Å². The molecule has 0 aliphatic carbocycles. The van der Waals surface area contributed by atoms with E-state index >= 15 is 0 Å². The molecule has 0 bridgehead atoms. The van der Waals surface area contributed by atoms with Crippen molar-refractivity contribution < 1.29 is 0 Å². The molecular weight excluding hydrogens is 220 g/mol. The van der Waals surface area contributed by atoms with Gasteiger partial charge in [-0.15, -0.1) is 0 Å². The zero-order valence-corrected chi connectivity index (χ0v) is 10.3. The van der Waals surface area contributed by atoms with E-state index in [4.69, 9.17) is 5.26 Å². The molecule has 0 radical (unpaired) electrons. The van der Waals surface area contributed by atoms with Gasteiger partial charge in [0.15, 0.2) is 0 Å². The Kier molecular flexibility index (Phi) is 4.52. The minimum absolute atomic E-state index is 0.419. The van der Waals surface area contributed by atoms with Crippen molar-refractivity contribution in [1.29, 1.82) is 5.26 Å². The summed E-state index contributed by atoms with van der Waals surface area (Å²) in [5.41, 5.74) is 3.77. The molecule has 0 saturated heterocycles. The van der Waals surface area contributed by atoms with Gasteiger partial charge in [-0.25, -0.2) is 0 Å². The van der Waals surface area contributed by atoms with Crippen molar-refractivity contribution in [1.82, 2.24) is 5.32 Å². The first-order valence-electron chi connectivity index (χ1n) is 6.12. The lowest BCUT2D eigenvalue weighted by atomic mass is 10.0. The summed E-state index contributed by atoms with van der Waals surface area (Å²) in [6, 6.07) is 21.0. The quantitative estimate of drug-likeness (QED) is 0.640. The van der Waals surface area contributed by atoms with Gasteiger partial charge in [0.1, 0.15) is 0 Å². The first kappa shape index (κ1) is 12.3. The van der Waals surface area contributed by atoms with E-state index in [1.165, 1.54) is 16.7 Å². The third kappa shape index (κ3) is 3.44. The van der Waals surface area contributed by atoms with E-state index in [9.17, 15) is 0 Å². The van der Waals surface area contributed by atoms with Gasteiger partial charge in [0.25, 0.3) is 0 Å². The molecule has 2 rings (SSSR count). The average molecular weight is 236 g/mol. The molecule has 2 aromatic rings. The number of nitriles is 1. The van der Waals surface area contributed by atoms with E-state index in [0.717, 1.165) is 13.0 Å². The van der Waals surface area contributed by atoms with Crippen LogP contribution in [0.3, 0.4) is 0 Å². The minimum Gasteiger partial charge on any atom is -0.304 e. The summed E-state index contributed by atoms with van der Waals surface area (Å²) < 4.78 is 0. The molecule has 18 heavy (non-hydrogen) atoms. The normalized spacial score (nSPS) is 9.94. The van der Waals surface area contributed by atoms with E-state index < -0.39 is 0 Å². The molecule has 0 fully saturated rings. The van der Waals surface area contributed by atoms with Gasteiger partial charge in [-0.3, -0.25) is 0 Å². The van der Waals surface area contributed by atoms with E-state index in [2.05, 4.69) is 59.9 Å². The van der Waals surface area contributed by atoms with Crippen LogP contribution in [-0.4, -0.2) is 13.1 Å². The van der Waals surface area contributed by atoms with Gasteiger partial charge in [-0.1, -0.05) is 54.6 Å². The second-order valence-electron chi connectivity index (χ2n) is 4.15. The maximum absolute atomic E-state index is 8.41. The van der Waals surface area contributed by atoms with Crippen LogP contribution < -0.4 is 5.32 Å². The predicted molar refractivity (Wildman–Crippen MR) is 74.1 cm³/mol. The van der Waals surface area contributed by atoms with Crippen LogP contribution in [0.4, 0.5) is 0 Å². The SMILES string of the molecule is N#CCNCCc1ccc(-c2ccccc2)cc1. The summed E-state index contributed by atoms with van der Waals surface area (Å²) in [4.78, 5) is 0. The number of rotatable bonds is 5. The fraction of sp³-hybridized carbons (Fsp3) is 0.188. The molecule has 0 unspecified atom stereocenters. The highest BCUT2D eigenvalue weighted by atomic mass is 14.8. The summed E-state index contributed by atoms with van der Waals surface area (Å²) >= 11 is 0. The highest BCUT2D eigenvalue weighted by molar-refractivity contribution is 5.63. The lowest BCUT2D eigenvalue weighted by Crippen LogP contribution is -2.17. The Balaban J connectivity index is 1.96. The van der Waals surface area contributed by atoms with Crippen molar-refractivity contribution in [2.75, 3.05) is 13.1 Å². The first-order valence-corrected chi connectivity index (χ1v) is 6.12. The highest BCUT2D eigenvalue weighted by Crippen LogP contribution is 2.19. The maximum atomic E-state index is 8.41. The van der Waals surface area contributed by atoms with Crippen LogP contribution in [-0.2, 0) is 6.42 Å². The monoisotopic (exact) mass is 236 g/mol. The van der Waals surface area contributed by atoms with Crippen LogP contribution >= 0.6 is 0 Å². The lowest BCUT2D eigenvalue weighted by Gasteiger charge is -2.04. The Bertz CT molecular complexity index is 509. The zero-order valence-electron chi connectivity index (χ0n) is 10.3. The number of nitrogens with one attached hydrogen (secondary N) is 1. The van der Waals surface area contributed by atoms with Crippen molar-refractivity contribution in [3.63, 3.8) is 0 Å². The number of nitrogens with zero attached hydrogens (tertiary/aromatic N) is 1. The second-order valence-corrected chi connectivity index (χ2v) is 4.15. The van der Waals surface area contributed by atoms with Crippen molar-refractivity contribution in [3.8, 4) is 17.2 Å². The Labute approximate surface area is 108 Å². The molecule has 2 nitrogen and oxygen atoms in total. The molecular formula is C16H16N2. The predicted octanol–water partition coefficient (Wildman–Crippen LogP) is 3.01. The minimum atomic E-state index is 0.419. The number of hydrogen-bond acceptors (Lipinski definition) is 2. The second kappa shape index (κ2) is 6.58. The largest absolute Gasteiger partial charge is 0.304 e. The van der Waals surface area contributed by atoms with Gasteiger partial charge in [0.2, 0.25) is 0 Å². The van der Waals surface area contributed by atoms with Gasteiger partial charge >= 0.3 is 0 Å². The Morgan fingerprint density at radius 3 is 2.22 bits per heavy atom. The van der Waals surface area contributed by atoms with Crippen LogP contribution in [0, 0.1) is 11.3 Å². The molecule has 0 saturated carbocycles. The molecule has 0 amide bonds. The Hall–Kier alpha value is -2.11. The van der Waals surface area contributed by atoms with Crippen LogP contribution in [0.25, 0.3) is 11.1 Å². The van der Waals surface area contributed by atoms with Crippen LogP contribution in [0.2, 0.25) is 0 Å². The van der Waals surface area contributed by atoms with Crippen LogP contribution in [0.1, 0.15) is 5.56 Å². The van der Waals surface area contributed by atoms with Gasteiger partial charge in [0.05, 0.1) is 12.6 Å². The summed E-state index contributed by atoms with van der Waals surface area (Å²) in [7, 11) is 0. The highest BCUT2D eigenvalue weighted by Gasteiger charge is 1.97. The van der Waals surface area contributed by atoms with Crippen molar-refractivity contribution in [3.05, 3.63) is 60.2 Å². The van der Waals surface area contributed by atoms with Crippen LogP contribution in [0.5, 0.6) is 0 Å². The van der Waals surface area contributed by atoms with E-state index in [0.29, 0.717) is 6.54 Å². The topological polar surface area (TPSA) is 35.8 Å². The average Bonchev–Trinajstić information content (AvgIpc) is 2.45. The van der Waals surface area contributed by atoms with Crippen molar-refractivity contribution in [2.45, 2.75) is 6.42 Å². The van der Waals surface area contributed by atoms with E-state index in [1.54, 1.807) is 0 Å². The molecule has 2 aromatic carbocycles. The summed E-state index contributed by atoms with van der Waals surface area (Å²) in [6.07, 6.45) is 0.955. The Morgan fingerprint density at radius 1 is 0.889 bits per heavy atom. The maximum Gasteiger partial charge on any atom is 0.0841 e. The summed E-state index contributed by atoms with van der Waals surface area (Å²) in [6.45, 7) is 1.26. The van der Waals surface area contributed by atoms with Gasteiger partial charge < -0.3 is 5.32 Å². The molecule has 0 aliphatic heterocycles. The van der Waals surface area contributed by atoms with Crippen molar-refractivity contribution in [2.24, 2.45) is 0 Å². The van der Waals surface area contributed by atoms with E-state index in [1.807, 2.05) is 6.07 Å². The number of benzene rings is 2. The van der Waals surface area contributed by atoms with Gasteiger partial charge in [-0.2, -0.15) is 5.26 Å². The molecule has 1 N–H and O–H groups in total. The van der Waals surface area contributed by atoms with Crippen LogP contribution in [0.15, 0.2) is 54.6 Å². The van der Waals surface area contributed by atoms with Gasteiger partial charge in [0, 0.05) is 6.54 Å². The molecule has 0 aromatic heterocycles.